The highest BCUT2D eigenvalue weighted by Gasteiger charge is 2.16. The molecule has 0 aliphatic carbocycles. The molecule has 1 aromatic carbocycles. The number of rotatable bonds is 3. The van der Waals surface area contributed by atoms with Gasteiger partial charge in [0.15, 0.2) is 0 Å². The number of para-hydroxylation sites is 1. The van der Waals surface area contributed by atoms with Crippen LogP contribution in [0.5, 0.6) is 0 Å². The summed E-state index contributed by atoms with van der Waals surface area (Å²) in [5, 5.41) is 14.5. The maximum Gasteiger partial charge on any atom is 0.260 e. The van der Waals surface area contributed by atoms with E-state index in [0.29, 0.717) is 18.1 Å². The van der Waals surface area contributed by atoms with Crippen molar-refractivity contribution in [2.45, 2.75) is 19.4 Å². The van der Waals surface area contributed by atoms with Crippen LogP contribution < -0.4 is 0 Å². The summed E-state index contributed by atoms with van der Waals surface area (Å²) in [6.45, 7) is 1.86. The highest BCUT2D eigenvalue weighted by Crippen LogP contribution is 2.26. The number of hydrogen-bond donors (Lipinski definition) is 1. The Hall–Kier alpha value is -2.27. The van der Waals surface area contributed by atoms with E-state index in [0.717, 1.165) is 16.5 Å². The molecule has 96 valence electrons. The van der Waals surface area contributed by atoms with Crippen molar-refractivity contribution in [2.24, 2.45) is 0 Å². The lowest BCUT2D eigenvalue weighted by atomic mass is 10.1. The highest BCUT2D eigenvalue weighted by atomic mass is 16.5. The Morgan fingerprint density at radius 3 is 2.95 bits per heavy atom. The van der Waals surface area contributed by atoms with Gasteiger partial charge >= 0.3 is 0 Å². The van der Waals surface area contributed by atoms with E-state index in [1.807, 2.05) is 37.3 Å². The number of aliphatic hydroxyl groups is 1. The van der Waals surface area contributed by atoms with Crippen molar-refractivity contribution < 1.29 is 9.63 Å². The number of aliphatic hydroxyl groups excluding tert-OH is 1. The lowest BCUT2D eigenvalue weighted by Gasteiger charge is -2.00. The molecular weight excluding hydrogens is 242 g/mol. The van der Waals surface area contributed by atoms with Gasteiger partial charge in [-0.1, -0.05) is 30.3 Å². The molecule has 0 aliphatic rings. The van der Waals surface area contributed by atoms with Crippen LogP contribution in [0.2, 0.25) is 0 Å². The molecule has 0 aliphatic heterocycles. The van der Waals surface area contributed by atoms with Crippen LogP contribution in [0.1, 0.15) is 25.3 Å². The van der Waals surface area contributed by atoms with Crippen molar-refractivity contribution in [1.29, 1.82) is 0 Å². The topological polar surface area (TPSA) is 72.0 Å². The Labute approximate surface area is 109 Å². The Kier molecular flexibility index (Phi) is 2.97. The average molecular weight is 255 g/mol. The van der Waals surface area contributed by atoms with Crippen molar-refractivity contribution in [3.8, 4) is 11.5 Å². The Morgan fingerprint density at radius 2 is 2.11 bits per heavy atom. The SMILES string of the molecule is CCC(O)c1noc(-c2cccc3cccnc23)n1. The monoisotopic (exact) mass is 255 g/mol. The van der Waals surface area contributed by atoms with Crippen LogP contribution in [0, 0.1) is 0 Å². The van der Waals surface area contributed by atoms with Gasteiger partial charge in [0.05, 0.1) is 11.1 Å². The van der Waals surface area contributed by atoms with Gasteiger partial charge in [0.1, 0.15) is 6.10 Å². The molecule has 0 saturated heterocycles. The van der Waals surface area contributed by atoms with E-state index >= 15 is 0 Å². The minimum Gasteiger partial charge on any atom is -0.385 e. The molecule has 5 nitrogen and oxygen atoms in total. The van der Waals surface area contributed by atoms with Crippen molar-refractivity contribution in [3.63, 3.8) is 0 Å². The van der Waals surface area contributed by atoms with Gasteiger partial charge in [0.2, 0.25) is 5.82 Å². The molecule has 0 fully saturated rings. The molecule has 2 heterocycles. The average Bonchev–Trinajstić information content (AvgIpc) is 2.95. The van der Waals surface area contributed by atoms with Crippen molar-refractivity contribution in [2.75, 3.05) is 0 Å². The first kappa shape index (κ1) is 11.8. The summed E-state index contributed by atoms with van der Waals surface area (Å²) in [6.07, 6.45) is 1.58. The van der Waals surface area contributed by atoms with Gasteiger partial charge < -0.3 is 9.63 Å². The Morgan fingerprint density at radius 1 is 1.26 bits per heavy atom. The molecule has 3 rings (SSSR count). The van der Waals surface area contributed by atoms with Crippen LogP contribution in [0.4, 0.5) is 0 Å². The Bertz CT molecular complexity index is 703. The standard InChI is InChI=1S/C14H13N3O2/c1-2-11(18)13-16-14(19-17-13)10-7-3-5-9-6-4-8-15-12(9)10/h3-8,11,18H,2H2,1H3. The van der Waals surface area contributed by atoms with E-state index in [4.69, 9.17) is 4.52 Å². The van der Waals surface area contributed by atoms with Crippen LogP contribution >= 0.6 is 0 Å². The molecule has 19 heavy (non-hydrogen) atoms. The second kappa shape index (κ2) is 4.78. The second-order valence-corrected chi connectivity index (χ2v) is 4.26. The number of nitrogens with zero attached hydrogens (tertiary/aromatic N) is 3. The van der Waals surface area contributed by atoms with E-state index < -0.39 is 6.10 Å². The number of benzene rings is 1. The van der Waals surface area contributed by atoms with Crippen LogP contribution in [-0.4, -0.2) is 20.2 Å². The number of fused-ring (bicyclic) bond motifs is 1. The van der Waals surface area contributed by atoms with Gasteiger partial charge in [-0.25, -0.2) is 0 Å². The predicted molar refractivity (Wildman–Crippen MR) is 70.3 cm³/mol. The fourth-order valence-electron chi connectivity index (χ4n) is 1.94. The lowest BCUT2D eigenvalue weighted by molar-refractivity contribution is 0.159. The maximum absolute atomic E-state index is 9.70. The van der Waals surface area contributed by atoms with Crippen molar-refractivity contribution >= 4 is 10.9 Å². The molecule has 1 N–H and O–H groups in total. The van der Waals surface area contributed by atoms with Crippen LogP contribution in [0.15, 0.2) is 41.1 Å². The molecule has 3 aromatic rings. The first-order valence-corrected chi connectivity index (χ1v) is 6.15. The third-order valence-electron chi connectivity index (χ3n) is 2.99. The number of aromatic nitrogens is 3. The van der Waals surface area contributed by atoms with E-state index in [-0.39, 0.29) is 0 Å². The number of hydrogen-bond acceptors (Lipinski definition) is 5. The van der Waals surface area contributed by atoms with Crippen LogP contribution in [0.3, 0.4) is 0 Å². The zero-order valence-electron chi connectivity index (χ0n) is 10.4. The smallest absolute Gasteiger partial charge is 0.260 e. The summed E-state index contributed by atoms with van der Waals surface area (Å²) in [7, 11) is 0. The molecule has 0 bridgehead atoms. The summed E-state index contributed by atoms with van der Waals surface area (Å²) in [5.41, 5.74) is 1.59. The summed E-state index contributed by atoms with van der Waals surface area (Å²) >= 11 is 0. The first-order valence-electron chi connectivity index (χ1n) is 6.15. The summed E-state index contributed by atoms with van der Waals surface area (Å²) in [4.78, 5) is 8.58. The molecule has 0 radical (unpaired) electrons. The summed E-state index contributed by atoms with van der Waals surface area (Å²) in [5.74, 6) is 0.692. The lowest BCUT2D eigenvalue weighted by Crippen LogP contribution is -1.97. The van der Waals surface area contributed by atoms with Gasteiger partial charge in [0.25, 0.3) is 5.89 Å². The number of pyridine rings is 1. The zero-order chi connectivity index (χ0) is 13.2. The highest BCUT2D eigenvalue weighted by molar-refractivity contribution is 5.91. The predicted octanol–water partition coefficient (Wildman–Crippen LogP) is 2.73. The zero-order valence-corrected chi connectivity index (χ0v) is 10.4. The van der Waals surface area contributed by atoms with Gasteiger partial charge in [-0.3, -0.25) is 4.98 Å². The van der Waals surface area contributed by atoms with E-state index in [9.17, 15) is 5.11 Å². The van der Waals surface area contributed by atoms with Gasteiger partial charge in [0, 0.05) is 11.6 Å². The minimum absolute atomic E-state index is 0.311. The molecule has 0 amide bonds. The molecule has 1 unspecified atom stereocenters. The van der Waals surface area contributed by atoms with Crippen LogP contribution in [-0.2, 0) is 0 Å². The van der Waals surface area contributed by atoms with E-state index in [1.165, 1.54) is 0 Å². The fraction of sp³-hybridized carbons (Fsp3) is 0.214. The van der Waals surface area contributed by atoms with Gasteiger partial charge in [-0.2, -0.15) is 4.98 Å². The van der Waals surface area contributed by atoms with E-state index in [2.05, 4.69) is 15.1 Å². The molecular formula is C14H13N3O2. The Balaban J connectivity index is 2.12. The first-order chi connectivity index (χ1) is 9.29. The third-order valence-corrected chi connectivity index (χ3v) is 2.99. The molecule has 0 saturated carbocycles. The normalized spacial score (nSPS) is 12.7. The fourth-order valence-corrected chi connectivity index (χ4v) is 1.94. The van der Waals surface area contributed by atoms with Gasteiger partial charge in [-0.05, 0) is 18.6 Å². The van der Waals surface area contributed by atoms with Crippen molar-refractivity contribution in [3.05, 3.63) is 42.4 Å². The quantitative estimate of drug-likeness (QED) is 0.779. The minimum atomic E-state index is -0.694. The molecule has 0 spiro atoms. The maximum atomic E-state index is 9.70. The largest absolute Gasteiger partial charge is 0.385 e. The summed E-state index contributed by atoms with van der Waals surface area (Å²) in [6, 6.07) is 9.63. The molecule has 5 heteroatoms. The molecule has 2 aromatic heterocycles. The molecule has 1 atom stereocenters. The van der Waals surface area contributed by atoms with Crippen molar-refractivity contribution in [1.82, 2.24) is 15.1 Å². The van der Waals surface area contributed by atoms with Gasteiger partial charge in [-0.15, -0.1) is 0 Å². The second-order valence-electron chi connectivity index (χ2n) is 4.26. The van der Waals surface area contributed by atoms with Crippen LogP contribution in [0.25, 0.3) is 22.4 Å². The van der Waals surface area contributed by atoms with E-state index in [1.54, 1.807) is 6.20 Å². The third kappa shape index (κ3) is 2.08. The summed E-state index contributed by atoms with van der Waals surface area (Å²) < 4.78 is 5.22.